The summed E-state index contributed by atoms with van der Waals surface area (Å²) < 4.78 is 3.58. The fraction of sp³-hybridized carbons (Fsp3) is 0.438. The first kappa shape index (κ1) is 15.6. The van der Waals surface area contributed by atoms with Gasteiger partial charge in [0.1, 0.15) is 6.33 Å². The van der Waals surface area contributed by atoms with E-state index in [2.05, 4.69) is 30.5 Å². The molecule has 4 rings (SSSR count). The highest BCUT2D eigenvalue weighted by molar-refractivity contribution is 5.96. The molecule has 0 aromatic carbocycles. The molecule has 1 atom stereocenters. The van der Waals surface area contributed by atoms with Crippen molar-refractivity contribution >= 4 is 17.4 Å². The van der Waals surface area contributed by atoms with Crippen molar-refractivity contribution < 1.29 is 4.79 Å². The maximum Gasteiger partial charge on any atom is 0.255 e. The van der Waals surface area contributed by atoms with Crippen LogP contribution in [0.1, 0.15) is 28.2 Å². The molecule has 0 bridgehead atoms. The first-order valence-electron chi connectivity index (χ1n) is 8.25. The Hall–Kier alpha value is -2.97. The van der Waals surface area contributed by atoms with E-state index in [0.29, 0.717) is 12.1 Å². The Bertz CT molecular complexity index is 943. The van der Waals surface area contributed by atoms with Crippen molar-refractivity contribution in [1.29, 1.82) is 0 Å². The zero-order valence-corrected chi connectivity index (χ0v) is 14.5. The highest BCUT2D eigenvalue weighted by atomic mass is 16.1. The Labute approximate surface area is 144 Å². The van der Waals surface area contributed by atoms with Gasteiger partial charge in [0.15, 0.2) is 5.82 Å². The molecule has 0 spiro atoms. The molecule has 9 heteroatoms. The fourth-order valence-electron chi connectivity index (χ4n) is 3.40. The van der Waals surface area contributed by atoms with E-state index in [4.69, 9.17) is 0 Å². The molecule has 3 aromatic heterocycles. The molecule has 1 saturated heterocycles. The minimum Gasteiger partial charge on any atom is -0.351 e. The molecule has 0 aliphatic carbocycles. The summed E-state index contributed by atoms with van der Waals surface area (Å²) in [6, 6.07) is 0.0662. The minimum atomic E-state index is -0.0661. The van der Waals surface area contributed by atoms with Crippen LogP contribution in [0.5, 0.6) is 0 Å². The van der Waals surface area contributed by atoms with Crippen molar-refractivity contribution in [2.75, 3.05) is 18.0 Å². The van der Waals surface area contributed by atoms with Crippen molar-refractivity contribution in [3.05, 3.63) is 35.7 Å². The monoisotopic (exact) mass is 340 g/mol. The number of hydrogen-bond acceptors (Lipinski definition) is 6. The molecule has 9 nitrogen and oxygen atoms in total. The number of nitrogens with one attached hydrogen (secondary N) is 1. The van der Waals surface area contributed by atoms with Gasteiger partial charge in [-0.2, -0.15) is 5.10 Å². The average molecular weight is 340 g/mol. The highest BCUT2D eigenvalue weighted by Crippen LogP contribution is 2.22. The van der Waals surface area contributed by atoms with Crippen LogP contribution in [-0.2, 0) is 7.05 Å². The van der Waals surface area contributed by atoms with E-state index in [1.165, 1.54) is 0 Å². The number of anilines is 1. The van der Waals surface area contributed by atoms with E-state index in [-0.39, 0.29) is 11.9 Å². The third kappa shape index (κ3) is 2.61. The van der Waals surface area contributed by atoms with Crippen LogP contribution in [0, 0.1) is 13.8 Å². The minimum absolute atomic E-state index is 0.0661. The van der Waals surface area contributed by atoms with Crippen LogP contribution in [-0.4, -0.2) is 54.4 Å². The van der Waals surface area contributed by atoms with Crippen LogP contribution >= 0.6 is 0 Å². The van der Waals surface area contributed by atoms with Crippen LogP contribution in [0.4, 0.5) is 5.82 Å². The Kier molecular flexibility index (Phi) is 3.63. The fourth-order valence-corrected chi connectivity index (χ4v) is 3.40. The predicted molar refractivity (Wildman–Crippen MR) is 91.5 cm³/mol. The molecular weight excluding hydrogens is 320 g/mol. The Morgan fingerprint density at radius 3 is 2.96 bits per heavy atom. The normalized spacial score (nSPS) is 17.4. The Balaban J connectivity index is 1.49. The van der Waals surface area contributed by atoms with Gasteiger partial charge in [0.05, 0.1) is 11.3 Å². The van der Waals surface area contributed by atoms with Gasteiger partial charge in [-0.15, -0.1) is 10.2 Å². The Morgan fingerprint density at radius 2 is 2.20 bits per heavy atom. The lowest BCUT2D eigenvalue weighted by Crippen LogP contribution is -2.37. The van der Waals surface area contributed by atoms with E-state index in [0.717, 1.165) is 35.8 Å². The van der Waals surface area contributed by atoms with Gasteiger partial charge < -0.3 is 10.2 Å². The van der Waals surface area contributed by atoms with E-state index >= 15 is 0 Å². The maximum absolute atomic E-state index is 12.6. The summed E-state index contributed by atoms with van der Waals surface area (Å²) in [6.45, 7) is 5.28. The van der Waals surface area contributed by atoms with Crippen LogP contribution in [0.25, 0.3) is 5.65 Å². The number of carbonyl (C=O) groups is 1. The largest absolute Gasteiger partial charge is 0.351 e. The van der Waals surface area contributed by atoms with Crippen molar-refractivity contribution in [2.24, 2.45) is 7.05 Å². The molecule has 0 unspecified atom stereocenters. The lowest BCUT2D eigenvalue weighted by atomic mass is 10.1. The molecular formula is C16H20N8O. The SMILES string of the molecule is Cc1nn(C)c(C)c1C(=O)N[C@@H]1CCN(c2nccn3cnnc23)C1. The number of aromatic nitrogens is 6. The zero-order valence-electron chi connectivity index (χ0n) is 14.5. The van der Waals surface area contributed by atoms with E-state index in [1.54, 1.807) is 17.2 Å². The number of amides is 1. The predicted octanol–water partition coefficient (Wildman–Crippen LogP) is 0.483. The topological polar surface area (TPSA) is 93.2 Å². The van der Waals surface area contributed by atoms with Gasteiger partial charge in [0, 0.05) is 44.3 Å². The lowest BCUT2D eigenvalue weighted by molar-refractivity contribution is 0.0939. The quantitative estimate of drug-likeness (QED) is 0.746. The van der Waals surface area contributed by atoms with Crippen LogP contribution in [0.2, 0.25) is 0 Å². The van der Waals surface area contributed by atoms with Crippen molar-refractivity contribution in [3.8, 4) is 0 Å². The number of nitrogens with zero attached hydrogens (tertiary/aromatic N) is 7. The molecule has 0 saturated carbocycles. The molecule has 25 heavy (non-hydrogen) atoms. The van der Waals surface area contributed by atoms with E-state index < -0.39 is 0 Å². The summed E-state index contributed by atoms with van der Waals surface area (Å²) in [5.74, 6) is 0.731. The second kappa shape index (κ2) is 5.83. The summed E-state index contributed by atoms with van der Waals surface area (Å²) >= 11 is 0. The van der Waals surface area contributed by atoms with Crippen LogP contribution in [0.3, 0.4) is 0 Å². The summed E-state index contributed by atoms with van der Waals surface area (Å²) in [6.07, 6.45) is 6.08. The molecule has 4 heterocycles. The number of rotatable bonds is 3. The summed E-state index contributed by atoms with van der Waals surface area (Å²) in [7, 11) is 1.85. The van der Waals surface area contributed by atoms with Gasteiger partial charge in [-0.25, -0.2) is 4.98 Å². The molecule has 0 radical (unpaired) electrons. The second-order valence-corrected chi connectivity index (χ2v) is 6.39. The van der Waals surface area contributed by atoms with Crippen molar-refractivity contribution in [2.45, 2.75) is 26.3 Å². The van der Waals surface area contributed by atoms with E-state index in [9.17, 15) is 4.79 Å². The maximum atomic E-state index is 12.6. The number of carbonyl (C=O) groups excluding carboxylic acids is 1. The zero-order chi connectivity index (χ0) is 17.6. The van der Waals surface area contributed by atoms with Crippen molar-refractivity contribution in [3.63, 3.8) is 0 Å². The third-order valence-corrected chi connectivity index (χ3v) is 4.76. The van der Waals surface area contributed by atoms with Crippen LogP contribution in [0.15, 0.2) is 18.7 Å². The van der Waals surface area contributed by atoms with Gasteiger partial charge >= 0.3 is 0 Å². The molecule has 1 N–H and O–H groups in total. The number of fused-ring (bicyclic) bond motifs is 1. The Morgan fingerprint density at radius 1 is 1.36 bits per heavy atom. The second-order valence-electron chi connectivity index (χ2n) is 6.39. The van der Waals surface area contributed by atoms with Gasteiger partial charge in [-0.05, 0) is 20.3 Å². The molecule has 1 amide bonds. The lowest BCUT2D eigenvalue weighted by Gasteiger charge is -2.18. The summed E-state index contributed by atoms with van der Waals surface area (Å²) in [4.78, 5) is 19.2. The number of hydrogen-bond donors (Lipinski definition) is 1. The number of aryl methyl sites for hydroxylation is 2. The molecule has 1 aliphatic rings. The van der Waals surface area contributed by atoms with Crippen molar-refractivity contribution in [1.82, 2.24) is 34.7 Å². The van der Waals surface area contributed by atoms with Gasteiger partial charge in [0.2, 0.25) is 5.65 Å². The molecule has 130 valence electrons. The standard InChI is InChI=1S/C16H20N8O/c1-10-13(11(2)22(3)21-10)16(25)19-12-4-6-23(8-12)14-15-20-18-9-24(15)7-5-17-14/h5,7,9,12H,4,6,8H2,1-3H3,(H,19,25)/t12-/m1/s1. The van der Waals surface area contributed by atoms with Gasteiger partial charge in [-0.3, -0.25) is 13.9 Å². The average Bonchev–Trinajstić information content (AvgIpc) is 3.27. The van der Waals surface area contributed by atoms with Crippen LogP contribution < -0.4 is 10.2 Å². The third-order valence-electron chi connectivity index (χ3n) is 4.76. The summed E-state index contributed by atoms with van der Waals surface area (Å²) in [5, 5.41) is 15.5. The smallest absolute Gasteiger partial charge is 0.255 e. The van der Waals surface area contributed by atoms with Gasteiger partial charge in [-0.1, -0.05) is 0 Å². The molecule has 3 aromatic rings. The molecule has 1 fully saturated rings. The van der Waals surface area contributed by atoms with Gasteiger partial charge in [0.25, 0.3) is 5.91 Å². The highest BCUT2D eigenvalue weighted by Gasteiger charge is 2.28. The van der Waals surface area contributed by atoms with E-state index in [1.807, 2.05) is 31.5 Å². The first-order chi connectivity index (χ1) is 12.0. The summed E-state index contributed by atoms with van der Waals surface area (Å²) in [5.41, 5.74) is 3.02. The first-order valence-corrected chi connectivity index (χ1v) is 8.25. The molecule has 1 aliphatic heterocycles.